The SMILES string of the molecule is COc1ccc(NC(=O)[C@@H](C)OC(=O)C2C[C@H]3CCC[C@@H](C2)C3=O)c([N+](=O)[O-])c1. The molecule has 156 valence electrons. The van der Waals surface area contributed by atoms with Crippen LogP contribution in [0.1, 0.15) is 39.0 Å². The smallest absolute Gasteiger partial charge is 0.309 e. The van der Waals surface area contributed by atoms with E-state index in [9.17, 15) is 24.5 Å². The molecule has 2 aliphatic rings. The Morgan fingerprint density at radius 2 is 1.90 bits per heavy atom. The Bertz CT molecular complexity index is 822. The predicted molar refractivity (Wildman–Crippen MR) is 102 cm³/mol. The lowest BCUT2D eigenvalue weighted by molar-refractivity contribution is -0.384. The van der Waals surface area contributed by atoms with E-state index >= 15 is 0 Å². The van der Waals surface area contributed by atoms with Gasteiger partial charge in [0.2, 0.25) is 0 Å². The number of anilines is 1. The Balaban J connectivity index is 1.62. The molecule has 9 nitrogen and oxygen atoms in total. The molecule has 0 saturated heterocycles. The van der Waals surface area contributed by atoms with Gasteiger partial charge < -0.3 is 14.8 Å². The molecule has 29 heavy (non-hydrogen) atoms. The van der Waals surface area contributed by atoms with Crippen molar-refractivity contribution in [3.8, 4) is 5.75 Å². The van der Waals surface area contributed by atoms with E-state index in [1.807, 2.05) is 0 Å². The zero-order chi connectivity index (χ0) is 21.1. The van der Waals surface area contributed by atoms with E-state index in [0.29, 0.717) is 12.8 Å². The number of nitrogens with zero attached hydrogens (tertiary/aromatic N) is 1. The largest absolute Gasteiger partial charge is 0.496 e. The van der Waals surface area contributed by atoms with Gasteiger partial charge in [-0.1, -0.05) is 6.42 Å². The summed E-state index contributed by atoms with van der Waals surface area (Å²) in [6, 6.07) is 4.04. The molecule has 1 unspecified atom stereocenters. The standard InChI is InChI=1S/C20H24N2O7/c1-11(19(24)21-16-7-6-15(28-2)10-17(16)22(26)27)29-20(25)14-8-12-4-3-5-13(9-14)18(12)23/h6-7,10-14H,3-5,8-9H2,1-2H3,(H,21,24)/t11-,12-,13+,14?/m1/s1. The maximum absolute atomic E-state index is 12.5. The van der Waals surface area contributed by atoms with Crippen LogP contribution in [0.15, 0.2) is 18.2 Å². The van der Waals surface area contributed by atoms with Gasteiger partial charge in [-0.3, -0.25) is 24.5 Å². The van der Waals surface area contributed by atoms with E-state index in [0.717, 1.165) is 19.3 Å². The number of ketones is 1. The van der Waals surface area contributed by atoms with Crippen molar-refractivity contribution in [3.05, 3.63) is 28.3 Å². The highest BCUT2D eigenvalue weighted by molar-refractivity contribution is 5.97. The molecular weight excluding hydrogens is 380 g/mol. The highest BCUT2D eigenvalue weighted by Crippen LogP contribution is 2.40. The Morgan fingerprint density at radius 1 is 1.24 bits per heavy atom. The predicted octanol–water partition coefficient (Wildman–Crippen LogP) is 2.87. The van der Waals surface area contributed by atoms with Gasteiger partial charge in [0.1, 0.15) is 17.2 Å². The summed E-state index contributed by atoms with van der Waals surface area (Å²) >= 11 is 0. The molecule has 1 amide bonds. The van der Waals surface area contributed by atoms with Crippen LogP contribution in [0.2, 0.25) is 0 Å². The van der Waals surface area contributed by atoms with Gasteiger partial charge in [-0.25, -0.2) is 0 Å². The quantitative estimate of drug-likeness (QED) is 0.439. The van der Waals surface area contributed by atoms with E-state index in [-0.39, 0.29) is 34.7 Å². The van der Waals surface area contributed by atoms with Gasteiger partial charge in [-0.15, -0.1) is 0 Å². The lowest BCUT2D eigenvalue weighted by Gasteiger charge is -2.36. The van der Waals surface area contributed by atoms with Crippen LogP contribution in [0.4, 0.5) is 11.4 Å². The monoisotopic (exact) mass is 404 g/mol. The molecule has 1 aromatic carbocycles. The van der Waals surface area contributed by atoms with Crippen molar-refractivity contribution in [1.82, 2.24) is 0 Å². The number of methoxy groups -OCH3 is 1. The van der Waals surface area contributed by atoms with Crippen molar-refractivity contribution in [2.45, 2.75) is 45.1 Å². The molecule has 2 bridgehead atoms. The summed E-state index contributed by atoms with van der Waals surface area (Å²) in [6.07, 6.45) is 2.41. The average molecular weight is 404 g/mol. The summed E-state index contributed by atoms with van der Waals surface area (Å²) < 4.78 is 10.3. The summed E-state index contributed by atoms with van der Waals surface area (Å²) in [5, 5.41) is 13.7. The van der Waals surface area contributed by atoms with Crippen molar-refractivity contribution in [2.24, 2.45) is 17.8 Å². The number of amides is 1. The van der Waals surface area contributed by atoms with E-state index in [1.54, 1.807) is 0 Å². The first kappa shape index (κ1) is 20.8. The second kappa shape index (κ2) is 8.59. The van der Waals surface area contributed by atoms with Crippen LogP contribution in [-0.2, 0) is 19.1 Å². The number of benzene rings is 1. The molecule has 1 N–H and O–H groups in total. The lowest BCUT2D eigenvalue weighted by atomic mass is 9.67. The number of rotatable bonds is 6. The number of hydrogen-bond donors (Lipinski definition) is 1. The first-order valence-electron chi connectivity index (χ1n) is 9.67. The van der Waals surface area contributed by atoms with Crippen molar-refractivity contribution >= 4 is 29.0 Å². The number of esters is 1. The number of fused-ring (bicyclic) bond motifs is 2. The van der Waals surface area contributed by atoms with Crippen LogP contribution >= 0.6 is 0 Å². The Labute approximate surface area is 167 Å². The number of nitro benzene ring substituents is 1. The minimum absolute atomic E-state index is 0.0125. The van der Waals surface area contributed by atoms with Gasteiger partial charge in [-0.05, 0) is 44.7 Å². The van der Waals surface area contributed by atoms with E-state index in [1.165, 1.54) is 32.2 Å². The molecule has 0 heterocycles. The number of carbonyl (C=O) groups is 3. The molecule has 1 aromatic rings. The first-order chi connectivity index (χ1) is 13.8. The molecule has 2 aliphatic carbocycles. The van der Waals surface area contributed by atoms with Crippen LogP contribution in [-0.4, -0.2) is 35.8 Å². The van der Waals surface area contributed by atoms with Crippen molar-refractivity contribution < 1.29 is 28.8 Å². The van der Waals surface area contributed by atoms with E-state index in [4.69, 9.17) is 9.47 Å². The zero-order valence-corrected chi connectivity index (χ0v) is 16.4. The second-order valence-corrected chi connectivity index (χ2v) is 7.60. The third kappa shape index (κ3) is 4.55. The Kier molecular flexibility index (Phi) is 6.14. The molecule has 2 saturated carbocycles. The molecule has 3 rings (SSSR count). The van der Waals surface area contributed by atoms with Crippen LogP contribution in [0.25, 0.3) is 0 Å². The number of carbonyl (C=O) groups excluding carboxylic acids is 3. The number of hydrogen-bond acceptors (Lipinski definition) is 7. The van der Waals surface area contributed by atoms with Crippen LogP contribution in [0.5, 0.6) is 5.75 Å². The van der Waals surface area contributed by atoms with E-state index < -0.39 is 28.8 Å². The molecule has 0 aromatic heterocycles. The normalized spacial score (nSPS) is 24.3. The fourth-order valence-electron chi connectivity index (χ4n) is 4.13. The van der Waals surface area contributed by atoms with Gasteiger partial charge in [0, 0.05) is 11.8 Å². The summed E-state index contributed by atoms with van der Waals surface area (Å²) in [5.74, 6) is -1.21. The maximum Gasteiger partial charge on any atom is 0.309 e. The summed E-state index contributed by atoms with van der Waals surface area (Å²) in [7, 11) is 1.38. The summed E-state index contributed by atoms with van der Waals surface area (Å²) in [5.41, 5.74) is -0.337. The number of nitro groups is 1. The third-order valence-electron chi connectivity index (χ3n) is 5.70. The molecular formula is C20H24N2O7. The number of ether oxygens (including phenoxy) is 2. The number of Topliss-reactive ketones (excluding diaryl/α,β-unsaturated/α-hetero) is 1. The molecule has 9 heteroatoms. The minimum atomic E-state index is -1.12. The molecule has 0 aliphatic heterocycles. The van der Waals surface area contributed by atoms with Gasteiger partial charge in [0.05, 0.1) is 24.0 Å². The highest BCUT2D eigenvalue weighted by atomic mass is 16.6. The average Bonchev–Trinajstić information content (AvgIpc) is 2.67. The molecule has 4 atom stereocenters. The lowest BCUT2D eigenvalue weighted by Crippen LogP contribution is -2.41. The first-order valence-corrected chi connectivity index (χ1v) is 9.67. The summed E-state index contributed by atoms with van der Waals surface area (Å²) in [4.78, 5) is 47.7. The van der Waals surface area contributed by atoms with Crippen LogP contribution in [0.3, 0.4) is 0 Å². The minimum Gasteiger partial charge on any atom is -0.496 e. The van der Waals surface area contributed by atoms with Crippen LogP contribution < -0.4 is 10.1 Å². The van der Waals surface area contributed by atoms with Gasteiger partial charge >= 0.3 is 5.97 Å². The Hall–Kier alpha value is -2.97. The van der Waals surface area contributed by atoms with E-state index in [2.05, 4.69) is 5.32 Å². The fraction of sp³-hybridized carbons (Fsp3) is 0.550. The highest BCUT2D eigenvalue weighted by Gasteiger charge is 2.42. The topological polar surface area (TPSA) is 125 Å². The molecule has 0 spiro atoms. The zero-order valence-electron chi connectivity index (χ0n) is 16.4. The fourth-order valence-corrected chi connectivity index (χ4v) is 4.13. The van der Waals surface area contributed by atoms with Crippen molar-refractivity contribution in [2.75, 3.05) is 12.4 Å². The third-order valence-corrected chi connectivity index (χ3v) is 5.70. The van der Waals surface area contributed by atoms with Crippen molar-refractivity contribution in [1.29, 1.82) is 0 Å². The van der Waals surface area contributed by atoms with Gasteiger partial charge in [0.25, 0.3) is 11.6 Å². The maximum atomic E-state index is 12.5. The molecule has 2 fully saturated rings. The second-order valence-electron chi connectivity index (χ2n) is 7.60. The van der Waals surface area contributed by atoms with Gasteiger partial charge in [0.15, 0.2) is 6.10 Å². The van der Waals surface area contributed by atoms with Gasteiger partial charge in [-0.2, -0.15) is 0 Å². The Morgan fingerprint density at radius 3 is 2.48 bits per heavy atom. The number of nitrogens with one attached hydrogen (secondary N) is 1. The van der Waals surface area contributed by atoms with Crippen molar-refractivity contribution in [3.63, 3.8) is 0 Å². The van der Waals surface area contributed by atoms with Crippen LogP contribution in [0, 0.1) is 27.9 Å². The summed E-state index contributed by atoms with van der Waals surface area (Å²) in [6.45, 7) is 1.41. The molecule has 0 radical (unpaired) electrons.